The Morgan fingerprint density at radius 2 is 1.67 bits per heavy atom. The van der Waals surface area contributed by atoms with Gasteiger partial charge in [0.05, 0.1) is 23.0 Å². The minimum Gasteiger partial charge on any atom is -0.462 e. The Balaban J connectivity index is 1.59. The van der Waals surface area contributed by atoms with Crippen LogP contribution in [-0.4, -0.2) is 29.6 Å². The van der Waals surface area contributed by atoms with Crippen LogP contribution < -0.4 is 10.6 Å². The molecule has 36 heavy (non-hydrogen) atoms. The van der Waals surface area contributed by atoms with Gasteiger partial charge in [-0.3, -0.25) is 9.59 Å². The fraction of sp³-hybridized carbons (Fsp3) is 0.250. The molecule has 0 aliphatic rings. The van der Waals surface area contributed by atoms with Gasteiger partial charge in [0.2, 0.25) is 5.91 Å². The summed E-state index contributed by atoms with van der Waals surface area (Å²) in [6.45, 7) is 4.32. The van der Waals surface area contributed by atoms with Crippen molar-refractivity contribution >= 4 is 40.9 Å². The van der Waals surface area contributed by atoms with Crippen LogP contribution in [0.2, 0.25) is 0 Å². The number of benzene rings is 3. The van der Waals surface area contributed by atoms with Crippen LogP contribution in [0, 0.1) is 5.82 Å². The maximum atomic E-state index is 13.9. The van der Waals surface area contributed by atoms with E-state index in [1.807, 2.05) is 19.9 Å². The number of ether oxygens (including phenoxy) is 1. The number of carbonyl (C=O) groups is 3. The average Bonchev–Trinajstić information content (AvgIpc) is 2.88. The van der Waals surface area contributed by atoms with E-state index < -0.39 is 11.7 Å². The van der Waals surface area contributed by atoms with E-state index in [9.17, 15) is 18.8 Å². The number of unbranched alkanes of at least 4 members (excludes halogenated alkanes) is 1. The third-order valence-corrected chi connectivity index (χ3v) is 6.63. The number of amides is 2. The summed E-state index contributed by atoms with van der Waals surface area (Å²) in [4.78, 5) is 38.1. The molecule has 3 aromatic carbocycles. The van der Waals surface area contributed by atoms with Crippen molar-refractivity contribution in [1.29, 1.82) is 0 Å². The lowest BCUT2D eigenvalue weighted by Gasteiger charge is -2.16. The van der Waals surface area contributed by atoms with E-state index in [0.29, 0.717) is 30.0 Å². The Morgan fingerprint density at radius 3 is 2.36 bits per heavy atom. The first-order valence-electron chi connectivity index (χ1n) is 11.8. The van der Waals surface area contributed by atoms with Crippen molar-refractivity contribution in [3.63, 3.8) is 0 Å². The van der Waals surface area contributed by atoms with Crippen molar-refractivity contribution in [2.45, 2.75) is 43.3 Å². The minimum absolute atomic E-state index is 0.0402. The van der Waals surface area contributed by atoms with Gasteiger partial charge in [0.15, 0.2) is 0 Å². The van der Waals surface area contributed by atoms with Crippen LogP contribution >= 0.6 is 11.8 Å². The number of thioether (sulfide) groups is 1. The number of esters is 1. The SMILES string of the molecule is CCCCOC(=O)c1ccc(NC(=O)C(CC)Sc2cccc(NC(=O)c3ccccc3F)c2)cc1. The Labute approximate surface area is 214 Å². The zero-order chi connectivity index (χ0) is 25.9. The van der Waals surface area contributed by atoms with E-state index >= 15 is 0 Å². The van der Waals surface area contributed by atoms with Crippen LogP contribution in [0.4, 0.5) is 15.8 Å². The second-order valence-electron chi connectivity index (χ2n) is 8.03. The van der Waals surface area contributed by atoms with Gasteiger partial charge in [-0.15, -0.1) is 11.8 Å². The molecule has 1 atom stereocenters. The summed E-state index contributed by atoms with van der Waals surface area (Å²) in [7, 11) is 0. The quantitative estimate of drug-likeness (QED) is 0.174. The molecule has 8 heteroatoms. The Hall–Kier alpha value is -3.65. The molecule has 0 heterocycles. The summed E-state index contributed by atoms with van der Waals surface area (Å²) in [6.07, 6.45) is 2.34. The van der Waals surface area contributed by atoms with Crippen LogP contribution in [0.3, 0.4) is 0 Å². The monoisotopic (exact) mass is 508 g/mol. The third-order valence-electron chi connectivity index (χ3n) is 5.27. The highest BCUT2D eigenvalue weighted by Crippen LogP contribution is 2.29. The molecule has 3 aromatic rings. The number of hydrogen-bond acceptors (Lipinski definition) is 5. The van der Waals surface area contributed by atoms with Crippen molar-refractivity contribution in [2.75, 3.05) is 17.2 Å². The highest BCUT2D eigenvalue weighted by molar-refractivity contribution is 8.00. The summed E-state index contributed by atoms with van der Waals surface area (Å²) in [5, 5.41) is 5.19. The maximum absolute atomic E-state index is 13.9. The van der Waals surface area contributed by atoms with Crippen molar-refractivity contribution in [2.24, 2.45) is 0 Å². The van der Waals surface area contributed by atoms with Crippen LogP contribution in [0.5, 0.6) is 0 Å². The maximum Gasteiger partial charge on any atom is 0.338 e. The van der Waals surface area contributed by atoms with Crippen LogP contribution in [0.15, 0.2) is 77.7 Å². The second-order valence-corrected chi connectivity index (χ2v) is 9.31. The molecular formula is C28H29FN2O4S. The fourth-order valence-electron chi connectivity index (χ4n) is 3.28. The van der Waals surface area contributed by atoms with Crippen molar-refractivity contribution in [1.82, 2.24) is 0 Å². The van der Waals surface area contributed by atoms with E-state index in [2.05, 4.69) is 10.6 Å². The standard InChI is InChI=1S/C28H29FN2O4S/c1-3-5-17-35-28(34)19-13-15-20(16-14-19)30-27(33)25(4-2)36-22-10-8-9-21(18-22)31-26(32)23-11-6-7-12-24(23)29/h6-16,18,25H,3-5,17H2,1-2H3,(H,30,33)(H,31,32). The van der Waals surface area contributed by atoms with Crippen molar-refractivity contribution in [3.05, 3.63) is 89.7 Å². The van der Waals surface area contributed by atoms with Crippen LogP contribution in [0.1, 0.15) is 53.8 Å². The van der Waals surface area contributed by atoms with Gasteiger partial charge in [-0.25, -0.2) is 9.18 Å². The van der Waals surface area contributed by atoms with Gasteiger partial charge in [-0.05, 0) is 67.4 Å². The van der Waals surface area contributed by atoms with E-state index in [1.165, 1.54) is 30.0 Å². The summed E-state index contributed by atoms with van der Waals surface area (Å²) < 4.78 is 19.1. The van der Waals surface area contributed by atoms with Crippen LogP contribution in [0.25, 0.3) is 0 Å². The molecule has 0 aliphatic heterocycles. The van der Waals surface area contributed by atoms with Gasteiger partial charge in [0.25, 0.3) is 5.91 Å². The summed E-state index contributed by atoms with van der Waals surface area (Å²) in [6, 6.07) is 19.4. The van der Waals surface area contributed by atoms with Crippen molar-refractivity contribution < 1.29 is 23.5 Å². The average molecular weight is 509 g/mol. The largest absolute Gasteiger partial charge is 0.462 e. The number of nitrogens with one attached hydrogen (secondary N) is 2. The molecule has 0 aromatic heterocycles. The Kier molecular flexibility index (Phi) is 10.1. The molecule has 2 amide bonds. The molecule has 188 valence electrons. The first-order chi connectivity index (χ1) is 17.4. The second kappa shape index (κ2) is 13.4. The summed E-state index contributed by atoms with van der Waals surface area (Å²) >= 11 is 1.36. The highest BCUT2D eigenvalue weighted by atomic mass is 32.2. The van der Waals surface area contributed by atoms with Gasteiger partial charge in [0, 0.05) is 16.3 Å². The molecule has 0 bridgehead atoms. The van der Waals surface area contributed by atoms with Gasteiger partial charge in [0.1, 0.15) is 5.82 Å². The summed E-state index contributed by atoms with van der Waals surface area (Å²) in [5.74, 6) is -1.70. The number of hydrogen-bond donors (Lipinski definition) is 2. The zero-order valence-electron chi connectivity index (χ0n) is 20.3. The number of rotatable bonds is 11. The third kappa shape index (κ3) is 7.68. The predicted molar refractivity (Wildman–Crippen MR) is 141 cm³/mol. The number of carbonyl (C=O) groups excluding carboxylic acids is 3. The number of anilines is 2. The molecule has 0 saturated heterocycles. The fourth-order valence-corrected chi connectivity index (χ4v) is 4.30. The molecule has 1 unspecified atom stereocenters. The van der Waals surface area contributed by atoms with Gasteiger partial charge < -0.3 is 15.4 Å². The van der Waals surface area contributed by atoms with Gasteiger partial charge >= 0.3 is 5.97 Å². The molecule has 0 fully saturated rings. The topological polar surface area (TPSA) is 84.5 Å². The Bertz CT molecular complexity index is 1200. The lowest BCUT2D eigenvalue weighted by molar-refractivity contribution is -0.115. The minimum atomic E-state index is -0.593. The van der Waals surface area contributed by atoms with E-state index in [4.69, 9.17) is 4.74 Å². The molecule has 0 spiro atoms. The molecule has 0 radical (unpaired) electrons. The molecule has 0 aliphatic carbocycles. The predicted octanol–water partition coefficient (Wildman–Crippen LogP) is 6.54. The normalized spacial score (nSPS) is 11.4. The molecule has 2 N–H and O–H groups in total. The molecular weight excluding hydrogens is 479 g/mol. The van der Waals surface area contributed by atoms with Gasteiger partial charge in [-0.2, -0.15) is 0 Å². The lowest BCUT2D eigenvalue weighted by Crippen LogP contribution is -2.24. The zero-order valence-corrected chi connectivity index (χ0v) is 21.1. The first-order valence-corrected chi connectivity index (χ1v) is 12.7. The molecule has 3 rings (SSSR count). The smallest absolute Gasteiger partial charge is 0.338 e. The highest BCUT2D eigenvalue weighted by Gasteiger charge is 2.19. The van der Waals surface area contributed by atoms with Crippen molar-refractivity contribution in [3.8, 4) is 0 Å². The lowest BCUT2D eigenvalue weighted by atomic mass is 10.2. The molecule has 0 saturated carbocycles. The first kappa shape index (κ1) is 26.9. The van der Waals surface area contributed by atoms with E-state index in [-0.39, 0.29) is 22.7 Å². The molecule has 6 nitrogen and oxygen atoms in total. The van der Waals surface area contributed by atoms with E-state index in [0.717, 1.165) is 17.7 Å². The number of halogens is 1. The summed E-state index contributed by atoms with van der Waals surface area (Å²) in [5.41, 5.74) is 1.47. The van der Waals surface area contributed by atoms with Gasteiger partial charge in [-0.1, -0.05) is 38.5 Å². The van der Waals surface area contributed by atoms with E-state index in [1.54, 1.807) is 48.5 Å². The Morgan fingerprint density at radius 1 is 0.917 bits per heavy atom. The van der Waals surface area contributed by atoms with Crippen LogP contribution in [-0.2, 0) is 9.53 Å².